The lowest BCUT2D eigenvalue weighted by Gasteiger charge is -2.26. The van der Waals surface area contributed by atoms with Gasteiger partial charge in [-0.1, -0.05) is 41.9 Å². The third kappa shape index (κ3) is 4.29. The monoisotopic (exact) mass is 341 g/mol. The Morgan fingerprint density at radius 3 is 2.36 bits per heavy atom. The summed E-state index contributed by atoms with van der Waals surface area (Å²) in [6.07, 6.45) is 0.530. The zero-order valence-electron chi connectivity index (χ0n) is 12.3. The lowest BCUT2D eigenvalue weighted by Crippen LogP contribution is -2.45. The van der Waals surface area contributed by atoms with Gasteiger partial charge in [0.15, 0.2) is 0 Å². The number of hydrogen-bond acceptors (Lipinski definition) is 2. The minimum Gasteiger partial charge on any atom is -0.207 e. The molecule has 0 aromatic heterocycles. The molecule has 2 aromatic carbocycles. The Kier molecular flexibility index (Phi) is 4.90. The summed E-state index contributed by atoms with van der Waals surface area (Å²) in [5.41, 5.74) is 0.327. The van der Waals surface area contributed by atoms with E-state index >= 15 is 0 Å². The summed E-state index contributed by atoms with van der Waals surface area (Å²) >= 11 is 5.65. The third-order valence-electron chi connectivity index (χ3n) is 3.10. The van der Waals surface area contributed by atoms with Gasteiger partial charge >= 0.3 is 0 Å². The highest BCUT2D eigenvalue weighted by Crippen LogP contribution is 2.22. The molecule has 3 nitrogen and oxygen atoms in total. The van der Waals surface area contributed by atoms with E-state index in [9.17, 15) is 12.8 Å². The fourth-order valence-electron chi connectivity index (χ4n) is 2.21. The molecule has 0 spiro atoms. The normalized spacial score (nSPS) is 12.4. The zero-order valence-corrected chi connectivity index (χ0v) is 13.9. The van der Waals surface area contributed by atoms with Crippen LogP contribution in [0.3, 0.4) is 0 Å². The predicted octanol–water partition coefficient (Wildman–Crippen LogP) is 3.78. The Bertz CT molecular complexity index is 761. The van der Waals surface area contributed by atoms with Crippen LogP contribution >= 0.6 is 11.6 Å². The summed E-state index contributed by atoms with van der Waals surface area (Å²) in [5.74, 6) is -0.649. The molecule has 2 aromatic rings. The highest BCUT2D eigenvalue weighted by molar-refractivity contribution is 7.89. The highest BCUT2D eigenvalue weighted by Gasteiger charge is 2.27. The lowest BCUT2D eigenvalue weighted by molar-refractivity contribution is 0.450. The molecule has 118 valence electrons. The van der Waals surface area contributed by atoms with Gasteiger partial charge < -0.3 is 0 Å². The van der Waals surface area contributed by atoms with Crippen molar-refractivity contribution in [2.75, 3.05) is 0 Å². The molecule has 0 saturated carbocycles. The average Bonchev–Trinajstić information content (AvgIpc) is 2.41. The number of benzene rings is 2. The van der Waals surface area contributed by atoms with Gasteiger partial charge in [-0.25, -0.2) is 17.5 Å². The maximum atomic E-state index is 13.2. The summed E-state index contributed by atoms with van der Waals surface area (Å²) < 4.78 is 40.6. The number of nitrogens with one attached hydrogen (secondary N) is 1. The van der Waals surface area contributed by atoms with Crippen molar-refractivity contribution in [2.45, 2.75) is 30.7 Å². The molecule has 0 unspecified atom stereocenters. The van der Waals surface area contributed by atoms with Crippen LogP contribution in [0, 0.1) is 5.82 Å². The maximum Gasteiger partial charge on any atom is 0.241 e. The molecule has 0 saturated heterocycles. The summed E-state index contributed by atoms with van der Waals surface area (Å²) in [6, 6.07) is 12.9. The van der Waals surface area contributed by atoms with Gasteiger partial charge in [-0.05, 0) is 44.0 Å². The lowest BCUT2D eigenvalue weighted by atomic mass is 9.96. The Labute approximate surface area is 135 Å². The first-order valence-electron chi connectivity index (χ1n) is 6.73. The van der Waals surface area contributed by atoms with Crippen LogP contribution < -0.4 is 4.72 Å². The van der Waals surface area contributed by atoms with E-state index in [2.05, 4.69) is 4.72 Å². The average molecular weight is 342 g/mol. The van der Waals surface area contributed by atoms with Gasteiger partial charge in [0.1, 0.15) is 5.82 Å². The highest BCUT2D eigenvalue weighted by atomic mass is 35.5. The molecular weight excluding hydrogens is 325 g/mol. The minimum atomic E-state index is -3.78. The third-order valence-corrected chi connectivity index (χ3v) is 5.09. The van der Waals surface area contributed by atoms with Crippen LogP contribution in [0.15, 0.2) is 53.4 Å². The van der Waals surface area contributed by atoms with Crippen LogP contribution in [0.4, 0.5) is 4.39 Å². The fraction of sp³-hybridized carbons (Fsp3) is 0.250. The summed E-state index contributed by atoms with van der Waals surface area (Å²) in [6.45, 7) is 3.59. The minimum absolute atomic E-state index is 0.0555. The van der Waals surface area contributed by atoms with Gasteiger partial charge in [0.2, 0.25) is 10.0 Å². The largest absolute Gasteiger partial charge is 0.241 e. The predicted molar refractivity (Wildman–Crippen MR) is 86.0 cm³/mol. The van der Waals surface area contributed by atoms with Gasteiger partial charge in [-0.15, -0.1) is 0 Å². The molecule has 6 heteroatoms. The number of hydrogen-bond donors (Lipinski definition) is 1. The van der Waals surface area contributed by atoms with E-state index in [1.807, 2.05) is 30.3 Å². The standard InChI is InChI=1S/C16H17ClFNO2S/c1-16(2,11-12-6-4-3-5-7-12)19-22(20,21)13-8-9-15(18)14(17)10-13/h3-10,19H,11H2,1-2H3. The van der Waals surface area contributed by atoms with Gasteiger partial charge in [0.05, 0.1) is 9.92 Å². The summed E-state index contributed by atoms with van der Waals surface area (Å²) in [7, 11) is -3.78. The van der Waals surface area contributed by atoms with Crippen LogP contribution in [-0.2, 0) is 16.4 Å². The second kappa shape index (κ2) is 6.36. The van der Waals surface area contributed by atoms with E-state index in [1.165, 1.54) is 6.07 Å². The molecular formula is C16H17ClFNO2S. The first-order valence-corrected chi connectivity index (χ1v) is 8.59. The van der Waals surface area contributed by atoms with Gasteiger partial charge in [0, 0.05) is 5.54 Å². The van der Waals surface area contributed by atoms with E-state index in [0.29, 0.717) is 6.42 Å². The number of halogens is 2. The fourth-order valence-corrected chi connectivity index (χ4v) is 3.89. The quantitative estimate of drug-likeness (QED) is 0.899. The van der Waals surface area contributed by atoms with Crippen LogP contribution in [0.5, 0.6) is 0 Å². The summed E-state index contributed by atoms with van der Waals surface area (Å²) in [4.78, 5) is -0.0555. The van der Waals surface area contributed by atoms with Crippen LogP contribution in [0.2, 0.25) is 5.02 Å². The van der Waals surface area contributed by atoms with Gasteiger partial charge in [-0.3, -0.25) is 0 Å². The van der Waals surface area contributed by atoms with Crippen molar-refractivity contribution in [1.82, 2.24) is 4.72 Å². The molecule has 0 aliphatic carbocycles. The van der Waals surface area contributed by atoms with E-state index < -0.39 is 21.4 Å². The molecule has 2 rings (SSSR count). The Balaban J connectivity index is 2.21. The van der Waals surface area contributed by atoms with Crippen molar-refractivity contribution in [1.29, 1.82) is 0 Å². The molecule has 0 fully saturated rings. The van der Waals surface area contributed by atoms with Crippen LogP contribution in [0.1, 0.15) is 19.4 Å². The molecule has 22 heavy (non-hydrogen) atoms. The van der Waals surface area contributed by atoms with E-state index in [4.69, 9.17) is 11.6 Å². The second-order valence-electron chi connectivity index (χ2n) is 5.73. The molecule has 0 bridgehead atoms. The van der Waals surface area contributed by atoms with E-state index in [0.717, 1.165) is 17.7 Å². The Morgan fingerprint density at radius 1 is 1.14 bits per heavy atom. The molecule has 0 radical (unpaired) electrons. The van der Waals surface area contributed by atoms with Crippen molar-refractivity contribution in [3.63, 3.8) is 0 Å². The van der Waals surface area contributed by atoms with Crippen LogP contribution in [0.25, 0.3) is 0 Å². The molecule has 0 aliphatic heterocycles. The molecule has 0 atom stereocenters. The SMILES string of the molecule is CC(C)(Cc1ccccc1)NS(=O)(=O)c1ccc(F)c(Cl)c1. The smallest absolute Gasteiger partial charge is 0.207 e. The zero-order chi connectivity index (χ0) is 16.4. The molecule has 0 heterocycles. The second-order valence-corrected chi connectivity index (χ2v) is 7.82. The number of sulfonamides is 1. The van der Waals surface area contributed by atoms with Gasteiger partial charge in [-0.2, -0.15) is 0 Å². The van der Waals surface area contributed by atoms with Crippen molar-refractivity contribution in [3.8, 4) is 0 Å². The van der Waals surface area contributed by atoms with Crippen molar-refractivity contribution in [3.05, 3.63) is 64.9 Å². The number of rotatable bonds is 5. The van der Waals surface area contributed by atoms with E-state index in [1.54, 1.807) is 13.8 Å². The van der Waals surface area contributed by atoms with Crippen molar-refractivity contribution in [2.24, 2.45) is 0 Å². The van der Waals surface area contributed by atoms with Crippen molar-refractivity contribution < 1.29 is 12.8 Å². The van der Waals surface area contributed by atoms with Crippen LogP contribution in [-0.4, -0.2) is 14.0 Å². The molecule has 0 aliphatic rings. The molecule has 1 N–H and O–H groups in total. The maximum absolute atomic E-state index is 13.2. The molecule has 0 amide bonds. The first-order chi connectivity index (χ1) is 10.2. The summed E-state index contributed by atoms with van der Waals surface area (Å²) in [5, 5.41) is -0.219. The van der Waals surface area contributed by atoms with Gasteiger partial charge in [0.25, 0.3) is 0 Å². The first kappa shape index (κ1) is 16.9. The Morgan fingerprint density at radius 2 is 1.77 bits per heavy atom. The van der Waals surface area contributed by atoms with E-state index in [-0.39, 0.29) is 9.92 Å². The topological polar surface area (TPSA) is 46.2 Å². The Hall–Kier alpha value is -1.43. The van der Waals surface area contributed by atoms with Crippen molar-refractivity contribution >= 4 is 21.6 Å².